The van der Waals surface area contributed by atoms with Gasteiger partial charge in [-0.2, -0.15) is 5.10 Å². The van der Waals surface area contributed by atoms with Crippen molar-refractivity contribution in [1.82, 2.24) is 40.0 Å². The summed E-state index contributed by atoms with van der Waals surface area (Å²) >= 11 is 0. The average Bonchev–Trinajstić information content (AvgIpc) is 3.64. The number of carbonyl (C=O) groups excluding carboxylic acids is 1. The van der Waals surface area contributed by atoms with E-state index in [1.165, 1.54) is 0 Å². The molecule has 0 aromatic carbocycles. The van der Waals surface area contributed by atoms with Crippen molar-refractivity contribution in [1.29, 1.82) is 0 Å². The lowest BCUT2D eigenvalue weighted by Gasteiger charge is -2.08. The zero-order chi connectivity index (χ0) is 26.9. The lowest BCUT2D eigenvalue weighted by Crippen LogP contribution is -2.21. The van der Waals surface area contributed by atoms with Crippen LogP contribution in [0, 0.1) is 12.8 Å². The molecule has 1 amide bonds. The highest BCUT2D eigenvalue weighted by atomic mass is 16.1. The molecule has 0 radical (unpaired) electrons. The summed E-state index contributed by atoms with van der Waals surface area (Å²) in [6, 6.07) is 4.20. The minimum absolute atomic E-state index is 0.0332. The van der Waals surface area contributed by atoms with E-state index in [1.54, 1.807) is 6.33 Å². The molecular formula is C30H30N8O. The third kappa shape index (κ3) is 4.90. The molecule has 0 unspecified atom stereocenters. The van der Waals surface area contributed by atoms with Crippen molar-refractivity contribution in [3.05, 3.63) is 84.5 Å². The fraction of sp³-hybridized carbons (Fsp3) is 0.233. The number of aryl methyl sites for hydroxylation is 1. The van der Waals surface area contributed by atoms with Gasteiger partial charge in [-0.05, 0) is 49.1 Å². The Bertz CT molecular complexity index is 1780. The van der Waals surface area contributed by atoms with E-state index < -0.39 is 0 Å². The van der Waals surface area contributed by atoms with Gasteiger partial charge < -0.3 is 14.9 Å². The number of aromatic amines is 2. The largest absolute Gasteiger partial charge is 0.352 e. The molecule has 0 fully saturated rings. The average molecular weight is 519 g/mol. The molecule has 1 aliphatic rings. The number of unbranched alkanes of at least 4 members (excludes halogenated alkanes) is 1. The van der Waals surface area contributed by atoms with E-state index in [2.05, 4.69) is 73.6 Å². The van der Waals surface area contributed by atoms with Crippen LogP contribution in [0.3, 0.4) is 0 Å². The van der Waals surface area contributed by atoms with Crippen molar-refractivity contribution in [3.63, 3.8) is 0 Å². The number of nitrogens with zero attached hydrogens (tertiary/aromatic N) is 5. The number of amides is 1. The Morgan fingerprint density at radius 3 is 2.87 bits per heavy atom. The smallest absolute Gasteiger partial charge is 0.224 e. The summed E-state index contributed by atoms with van der Waals surface area (Å²) in [5.74, 6) is 0.234. The van der Waals surface area contributed by atoms with E-state index in [-0.39, 0.29) is 11.8 Å². The maximum atomic E-state index is 12.4. The standard InChI is InChI=1S/C30H30N8O/c1-4-5-6-28(39)34-22-8-7-18(2)9-20(10-22)21-11-24-29(36-37-30(24)32-13-21)25-12-23-26(35-25)14-31-15-27(23)38-16-19(3)33-17-38/h7-18,35H,4-6H2,1-3H3,(H,34,39)(H,32,36,37)/t18-/m0/s1. The number of imidazole rings is 1. The van der Waals surface area contributed by atoms with Gasteiger partial charge in [0.25, 0.3) is 0 Å². The van der Waals surface area contributed by atoms with Crippen molar-refractivity contribution in [3.8, 4) is 17.1 Å². The fourth-order valence-corrected chi connectivity index (χ4v) is 4.87. The van der Waals surface area contributed by atoms with Gasteiger partial charge in [0, 0.05) is 40.8 Å². The van der Waals surface area contributed by atoms with Crippen LogP contribution in [0.1, 0.15) is 44.4 Å². The molecule has 0 aliphatic heterocycles. The van der Waals surface area contributed by atoms with Crippen LogP contribution in [0.2, 0.25) is 0 Å². The van der Waals surface area contributed by atoms with Crippen LogP contribution in [-0.2, 0) is 4.79 Å². The molecule has 0 spiro atoms. The van der Waals surface area contributed by atoms with Crippen molar-refractivity contribution in [2.75, 3.05) is 0 Å². The van der Waals surface area contributed by atoms with E-state index in [0.717, 1.165) is 68.7 Å². The van der Waals surface area contributed by atoms with Crippen LogP contribution >= 0.6 is 0 Å². The van der Waals surface area contributed by atoms with Gasteiger partial charge in [0.05, 0.1) is 47.0 Å². The lowest BCUT2D eigenvalue weighted by molar-refractivity contribution is -0.120. The molecular weight excluding hydrogens is 488 g/mol. The van der Waals surface area contributed by atoms with Gasteiger partial charge in [0.15, 0.2) is 5.65 Å². The van der Waals surface area contributed by atoms with E-state index in [4.69, 9.17) is 0 Å². The molecule has 196 valence electrons. The Morgan fingerprint density at radius 1 is 1.15 bits per heavy atom. The molecule has 0 bridgehead atoms. The number of carbonyl (C=O) groups is 1. The quantitative estimate of drug-likeness (QED) is 0.253. The first-order chi connectivity index (χ1) is 19.0. The Hall–Kier alpha value is -4.79. The molecule has 5 aromatic rings. The first-order valence-electron chi connectivity index (χ1n) is 13.2. The minimum atomic E-state index is 0.0332. The third-order valence-corrected chi connectivity index (χ3v) is 6.90. The molecule has 0 saturated carbocycles. The summed E-state index contributed by atoms with van der Waals surface area (Å²) in [5, 5.41) is 12.6. The van der Waals surface area contributed by atoms with Gasteiger partial charge in [-0.1, -0.05) is 32.4 Å². The highest BCUT2D eigenvalue weighted by Gasteiger charge is 2.16. The van der Waals surface area contributed by atoms with Crippen molar-refractivity contribution < 1.29 is 4.79 Å². The predicted octanol–water partition coefficient (Wildman–Crippen LogP) is 5.77. The number of rotatable bonds is 7. The summed E-state index contributed by atoms with van der Waals surface area (Å²) < 4.78 is 1.98. The van der Waals surface area contributed by atoms with Crippen molar-refractivity contribution in [2.24, 2.45) is 5.92 Å². The number of pyridine rings is 2. The van der Waals surface area contributed by atoms with Crippen LogP contribution < -0.4 is 5.32 Å². The molecule has 9 nitrogen and oxygen atoms in total. The molecule has 3 N–H and O–H groups in total. The van der Waals surface area contributed by atoms with Crippen molar-refractivity contribution in [2.45, 2.75) is 40.0 Å². The second-order valence-electron chi connectivity index (χ2n) is 10.0. The first-order valence-corrected chi connectivity index (χ1v) is 13.2. The third-order valence-electron chi connectivity index (χ3n) is 6.90. The van der Waals surface area contributed by atoms with Gasteiger partial charge in [-0.25, -0.2) is 9.97 Å². The van der Waals surface area contributed by atoms with Crippen LogP contribution in [-0.4, -0.2) is 40.6 Å². The maximum Gasteiger partial charge on any atom is 0.224 e. The molecule has 1 aliphatic carbocycles. The highest BCUT2D eigenvalue weighted by molar-refractivity contribution is 5.98. The van der Waals surface area contributed by atoms with Crippen LogP contribution in [0.25, 0.3) is 44.6 Å². The van der Waals surface area contributed by atoms with Crippen LogP contribution in [0.5, 0.6) is 0 Å². The Labute approximate surface area is 225 Å². The number of hydrogen-bond acceptors (Lipinski definition) is 5. The van der Waals surface area contributed by atoms with Gasteiger partial charge >= 0.3 is 0 Å². The summed E-state index contributed by atoms with van der Waals surface area (Å²) in [6.45, 7) is 6.17. The number of H-pyrrole nitrogens is 2. The number of fused-ring (bicyclic) bond motifs is 2. The number of nitrogens with one attached hydrogen (secondary N) is 3. The molecule has 5 aromatic heterocycles. The van der Waals surface area contributed by atoms with Gasteiger partial charge in [-0.15, -0.1) is 0 Å². The summed E-state index contributed by atoms with van der Waals surface area (Å²) in [4.78, 5) is 29.3. The topological polar surface area (TPSA) is 117 Å². The zero-order valence-corrected chi connectivity index (χ0v) is 22.2. The maximum absolute atomic E-state index is 12.4. The van der Waals surface area contributed by atoms with E-state index in [0.29, 0.717) is 12.1 Å². The molecule has 9 heteroatoms. The molecule has 0 saturated heterocycles. The van der Waals surface area contributed by atoms with E-state index in [9.17, 15) is 4.79 Å². The second kappa shape index (κ2) is 10.2. The van der Waals surface area contributed by atoms with Crippen LogP contribution in [0.4, 0.5) is 0 Å². The summed E-state index contributed by atoms with van der Waals surface area (Å²) in [5.41, 5.74) is 7.91. The minimum Gasteiger partial charge on any atom is -0.352 e. The van der Waals surface area contributed by atoms with E-state index in [1.807, 2.05) is 48.4 Å². The Kier molecular flexibility index (Phi) is 6.40. The Morgan fingerprint density at radius 2 is 2.05 bits per heavy atom. The van der Waals surface area contributed by atoms with Gasteiger partial charge in [-0.3, -0.25) is 14.9 Å². The summed E-state index contributed by atoms with van der Waals surface area (Å²) in [7, 11) is 0. The molecule has 6 rings (SSSR count). The predicted molar refractivity (Wildman–Crippen MR) is 153 cm³/mol. The lowest BCUT2D eigenvalue weighted by atomic mass is 10.0. The second-order valence-corrected chi connectivity index (χ2v) is 10.0. The highest BCUT2D eigenvalue weighted by Crippen LogP contribution is 2.32. The Balaban J connectivity index is 1.38. The van der Waals surface area contributed by atoms with Gasteiger partial charge in [0.2, 0.25) is 5.91 Å². The molecule has 5 heterocycles. The molecule has 39 heavy (non-hydrogen) atoms. The van der Waals surface area contributed by atoms with E-state index >= 15 is 0 Å². The molecule has 1 atom stereocenters. The fourth-order valence-electron chi connectivity index (χ4n) is 4.87. The number of aromatic nitrogens is 7. The zero-order valence-electron chi connectivity index (χ0n) is 22.2. The summed E-state index contributed by atoms with van der Waals surface area (Å²) in [6.07, 6.45) is 19.9. The number of hydrogen-bond donors (Lipinski definition) is 3. The number of allylic oxidation sites excluding steroid dienone is 5. The monoisotopic (exact) mass is 518 g/mol. The van der Waals surface area contributed by atoms with Crippen molar-refractivity contribution >= 4 is 33.4 Å². The SMILES string of the molecule is CCCCC(=O)NC1=CC(c2cnc3n[nH]c(-c4cc5c(-n6cnc(C)c6)cncc5[nH]4)c3c2)=C[C@@H](C)C=C1. The normalized spacial score (nSPS) is 15.4. The van der Waals surface area contributed by atoms with Crippen LogP contribution in [0.15, 0.2) is 73.2 Å². The van der Waals surface area contributed by atoms with Gasteiger partial charge in [0.1, 0.15) is 0 Å². The first kappa shape index (κ1) is 24.5.